The molecule has 0 spiro atoms. The summed E-state index contributed by atoms with van der Waals surface area (Å²) in [4.78, 5) is 0. The van der Waals surface area contributed by atoms with Crippen molar-refractivity contribution < 1.29 is 4.74 Å². The van der Waals surface area contributed by atoms with E-state index in [1.807, 2.05) is 12.1 Å². The number of rotatable bonds is 3. The van der Waals surface area contributed by atoms with Crippen molar-refractivity contribution in [1.82, 2.24) is 4.57 Å². The largest absolute Gasteiger partial charge is 0.382 e. The van der Waals surface area contributed by atoms with Crippen LogP contribution in [0.15, 0.2) is 24.5 Å². The van der Waals surface area contributed by atoms with E-state index in [4.69, 9.17) is 4.74 Å². The van der Waals surface area contributed by atoms with Crippen LogP contribution in [0.4, 0.5) is 0 Å². The third kappa shape index (κ3) is 1.84. The van der Waals surface area contributed by atoms with Gasteiger partial charge in [0.1, 0.15) is 0 Å². The molecular formula is C9H15NO. The quantitative estimate of drug-likeness (QED) is 0.646. The Labute approximate surface area is 67.8 Å². The maximum atomic E-state index is 5.11. The third-order valence-corrected chi connectivity index (χ3v) is 1.80. The second-order valence-electron chi connectivity index (χ2n) is 3.34. The molecule has 0 saturated heterocycles. The van der Waals surface area contributed by atoms with Crippen LogP contribution in [0.3, 0.4) is 0 Å². The molecule has 0 aromatic carbocycles. The molecule has 1 aromatic rings. The van der Waals surface area contributed by atoms with E-state index in [-0.39, 0.29) is 5.54 Å². The first kappa shape index (κ1) is 8.34. The number of ether oxygens (including phenoxy) is 1. The SMILES string of the molecule is COCC(C)(C)n1cccc1. The number of aromatic nitrogens is 1. The summed E-state index contributed by atoms with van der Waals surface area (Å²) in [7, 11) is 1.73. The molecule has 2 nitrogen and oxygen atoms in total. The van der Waals surface area contributed by atoms with Crippen molar-refractivity contribution in [2.75, 3.05) is 13.7 Å². The average Bonchev–Trinajstić information content (AvgIpc) is 2.37. The minimum atomic E-state index is 0.0677. The molecule has 0 bridgehead atoms. The highest BCUT2D eigenvalue weighted by molar-refractivity contribution is 4.96. The van der Waals surface area contributed by atoms with Gasteiger partial charge in [-0.1, -0.05) is 0 Å². The van der Waals surface area contributed by atoms with Gasteiger partial charge < -0.3 is 9.30 Å². The molecule has 0 aliphatic heterocycles. The summed E-state index contributed by atoms with van der Waals surface area (Å²) < 4.78 is 7.26. The van der Waals surface area contributed by atoms with Crippen molar-refractivity contribution in [3.05, 3.63) is 24.5 Å². The van der Waals surface area contributed by atoms with Gasteiger partial charge in [0.25, 0.3) is 0 Å². The van der Waals surface area contributed by atoms with Crippen LogP contribution in [-0.4, -0.2) is 18.3 Å². The number of hydrogen-bond acceptors (Lipinski definition) is 1. The van der Waals surface area contributed by atoms with E-state index in [1.54, 1.807) is 7.11 Å². The molecule has 2 heteroatoms. The molecule has 0 fully saturated rings. The Kier molecular flexibility index (Phi) is 2.35. The summed E-state index contributed by atoms with van der Waals surface area (Å²) in [5, 5.41) is 0. The molecular weight excluding hydrogens is 138 g/mol. The van der Waals surface area contributed by atoms with Gasteiger partial charge >= 0.3 is 0 Å². The first-order chi connectivity index (χ1) is 5.17. The van der Waals surface area contributed by atoms with Crippen molar-refractivity contribution in [3.8, 4) is 0 Å². The molecule has 0 amide bonds. The van der Waals surface area contributed by atoms with E-state index in [9.17, 15) is 0 Å². The maximum absolute atomic E-state index is 5.11. The molecule has 0 aliphatic carbocycles. The first-order valence-corrected chi connectivity index (χ1v) is 3.79. The molecule has 0 aliphatic rings. The van der Waals surface area contributed by atoms with Gasteiger partial charge in [-0.2, -0.15) is 0 Å². The highest BCUT2D eigenvalue weighted by Gasteiger charge is 2.17. The number of nitrogens with zero attached hydrogens (tertiary/aromatic N) is 1. The molecule has 0 saturated carbocycles. The van der Waals surface area contributed by atoms with Crippen LogP contribution < -0.4 is 0 Å². The Morgan fingerprint density at radius 3 is 2.27 bits per heavy atom. The minimum absolute atomic E-state index is 0.0677. The normalized spacial score (nSPS) is 11.9. The van der Waals surface area contributed by atoms with E-state index in [1.165, 1.54) is 0 Å². The fourth-order valence-corrected chi connectivity index (χ4v) is 1.17. The van der Waals surface area contributed by atoms with Gasteiger partial charge in [0, 0.05) is 19.5 Å². The lowest BCUT2D eigenvalue weighted by molar-refractivity contribution is 0.110. The summed E-state index contributed by atoms with van der Waals surface area (Å²) in [6, 6.07) is 4.05. The van der Waals surface area contributed by atoms with Crippen molar-refractivity contribution in [3.63, 3.8) is 0 Å². The maximum Gasteiger partial charge on any atom is 0.0692 e. The second kappa shape index (κ2) is 3.09. The molecule has 62 valence electrons. The summed E-state index contributed by atoms with van der Waals surface area (Å²) >= 11 is 0. The second-order valence-corrected chi connectivity index (χ2v) is 3.34. The zero-order valence-electron chi connectivity index (χ0n) is 7.37. The molecule has 0 N–H and O–H groups in total. The van der Waals surface area contributed by atoms with Crippen LogP contribution in [0.25, 0.3) is 0 Å². The summed E-state index contributed by atoms with van der Waals surface area (Å²) in [6.45, 7) is 5.04. The van der Waals surface area contributed by atoms with Crippen LogP contribution >= 0.6 is 0 Å². The molecule has 0 atom stereocenters. The summed E-state index contributed by atoms with van der Waals surface area (Å²) in [5.74, 6) is 0. The molecule has 1 heterocycles. The summed E-state index contributed by atoms with van der Waals surface area (Å²) in [6.07, 6.45) is 4.11. The zero-order valence-corrected chi connectivity index (χ0v) is 7.37. The van der Waals surface area contributed by atoms with Crippen LogP contribution in [0, 0.1) is 0 Å². The first-order valence-electron chi connectivity index (χ1n) is 3.79. The Morgan fingerprint density at radius 1 is 1.27 bits per heavy atom. The van der Waals surface area contributed by atoms with E-state index < -0.39 is 0 Å². The van der Waals surface area contributed by atoms with Gasteiger partial charge in [-0.05, 0) is 26.0 Å². The Bertz CT molecular complexity index is 201. The van der Waals surface area contributed by atoms with Gasteiger partial charge in [-0.25, -0.2) is 0 Å². The highest BCUT2D eigenvalue weighted by Crippen LogP contribution is 2.14. The molecule has 0 radical (unpaired) electrons. The van der Waals surface area contributed by atoms with E-state index in [0.29, 0.717) is 0 Å². The van der Waals surface area contributed by atoms with E-state index >= 15 is 0 Å². The van der Waals surface area contributed by atoms with Crippen molar-refractivity contribution in [2.45, 2.75) is 19.4 Å². The lowest BCUT2D eigenvalue weighted by atomic mass is 10.1. The lowest BCUT2D eigenvalue weighted by Crippen LogP contribution is -2.30. The minimum Gasteiger partial charge on any atom is -0.382 e. The number of hydrogen-bond donors (Lipinski definition) is 0. The van der Waals surface area contributed by atoms with Gasteiger partial charge in [0.15, 0.2) is 0 Å². The van der Waals surface area contributed by atoms with Crippen LogP contribution in [-0.2, 0) is 10.3 Å². The van der Waals surface area contributed by atoms with E-state index in [2.05, 4.69) is 30.8 Å². The standard InChI is InChI=1S/C9H15NO/c1-9(2,8-11-3)10-6-4-5-7-10/h4-7H,8H2,1-3H3. The average molecular weight is 153 g/mol. The van der Waals surface area contributed by atoms with Gasteiger partial charge in [0.2, 0.25) is 0 Å². The Hall–Kier alpha value is -0.760. The zero-order chi connectivity index (χ0) is 8.32. The van der Waals surface area contributed by atoms with Crippen molar-refractivity contribution in [1.29, 1.82) is 0 Å². The van der Waals surface area contributed by atoms with Gasteiger partial charge in [0.05, 0.1) is 12.1 Å². The highest BCUT2D eigenvalue weighted by atomic mass is 16.5. The number of methoxy groups -OCH3 is 1. The Balaban J connectivity index is 2.73. The van der Waals surface area contributed by atoms with Crippen LogP contribution in [0.5, 0.6) is 0 Å². The Morgan fingerprint density at radius 2 is 1.82 bits per heavy atom. The molecule has 0 unspecified atom stereocenters. The van der Waals surface area contributed by atoms with Crippen LogP contribution in [0.2, 0.25) is 0 Å². The topological polar surface area (TPSA) is 14.2 Å². The lowest BCUT2D eigenvalue weighted by Gasteiger charge is -2.25. The smallest absolute Gasteiger partial charge is 0.0692 e. The van der Waals surface area contributed by atoms with Crippen molar-refractivity contribution >= 4 is 0 Å². The van der Waals surface area contributed by atoms with Crippen LogP contribution in [0.1, 0.15) is 13.8 Å². The fourth-order valence-electron chi connectivity index (χ4n) is 1.17. The van der Waals surface area contributed by atoms with E-state index in [0.717, 1.165) is 6.61 Å². The monoisotopic (exact) mass is 153 g/mol. The predicted molar refractivity (Wildman–Crippen MR) is 45.6 cm³/mol. The molecule has 1 rings (SSSR count). The summed E-state index contributed by atoms with van der Waals surface area (Å²) in [5.41, 5.74) is 0.0677. The fraction of sp³-hybridized carbons (Fsp3) is 0.556. The van der Waals surface area contributed by atoms with Gasteiger partial charge in [-0.15, -0.1) is 0 Å². The van der Waals surface area contributed by atoms with Gasteiger partial charge in [-0.3, -0.25) is 0 Å². The predicted octanol–water partition coefficient (Wildman–Crippen LogP) is 1.87. The van der Waals surface area contributed by atoms with Crippen molar-refractivity contribution in [2.24, 2.45) is 0 Å². The molecule has 1 aromatic heterocycles. The third-order valence-electron chi connectivity index (χ3n) is 1.80. The molecule has 11 heavy (non-hydrogen) atoms.